The van der Waals surface area contributed by atoms with Gasteiger partial charge in [-0.1, -0.05) is 17.7 Å². The zero-order chi connectivity index (χ0) is 19.3. The van der Waals surface area contributed by atoms with Gasteiger partial charge in [-0.25, -0.2) is 18.1 Å². The van der Waals surface area contributed by atoms with E-state index in [9.17, 15) is 13.2 Å². The van der Waals surface area contributed by atoms with Gasteiger partial charge in [-0.05, 0) is 36.4 Å². The Morgan fingerprint density at radius 3 is 2.59 bits per heavy atom. The van der Waals surface area contributed by atoms with Crippen LogP contribution >= 0.6 is 22.9 Å². The Hall–Kier alpha value is -2.33. The molecular weight excluding hydrogens is 408 g/mol. The molecule has 2 N–H and O–H groups in total. The van der Waals surface area contributed by atoms with Crippen molar-refractivity contribution in [3.8, 4) is 11.4 Å². The Kier molecular flexibility index (Phi) is 6.17. The minimum atomic E-state index is -3.69. The number of hydrogen-bond acceptors (Lipinski definition) is 6. The van der Waals surface area contributed by atoms with Gasteiger partial charge in [-0.15, -0.1) is 11.3 Å². The van der Waals surface area contributed by atoms with Gasteiger partial charge in [0.25, 0.3) is 0 Å². The van der Waals surface area contributed by atoms with Crippen molar-refractivity contribution in [2.45, 2.75) is 11.3 Å². The number of carbonyl (C=O) groups is 1. The van der Waals surface area contributed by atoms with E-state index in [1.165, 1.54) is 35.6 Å². The second-order valence-electron chi connectivity index (χ2n) is 5.40. The number of sulfonamides is 1. The number of nitrogens with one attached hydrogen (secondary N) is 2. The predicted octanol–water partition coefficient (Wildman–Crippen LogP) is 3.17. The largest absolute Gasteiger partial charge is 0.302 e. The Morgan fingerprint density at radius 2 is 1.89 bits per heavy atom. The second kappa shape index (κ2) is 8.57. The molecule has 3 rings (SSSR count). The average Bonchev–Trinajstić information content (AvgIpc) is 3.11. The smallest absolute Gasteiger partial charge is 0.240 e. The summed E-state index contributed by atoms with van der Waals surface area (Å²) in [7, 11) is -3.69. The highest BCUT2D eigenvalue weighted by Crippen LogP contribution is 2.23. The molecule has 3 aromatic rings. The maximum absolute atomic E-state index is 12.1. The van der Waals surface area contributed by atoms with E-state index in [2.05, 4.69) is 20.0 Å². The zero-order valence-electron chi connectivity index (χ0n) is 13.9. The lowest BCUT2D eigenvalue weighted by molar-refractivity contribution is -0.116. The lowest BCUT2D eigenvalue weighted by atomic mass is 10.3. The molecule has 1 amide bonds. The quantitative estimate of drug-likeness (QED) is 0.609. The van der Waals surface area contributed by atoms with Crippen molar-refractivity contribution >= 4 is 44.0 Å². The van der Waals surface area contributed by atoms with Crippen LogP contribution in [0.15, 0.2) is 58.9 Å². The standard InChI is InChI=1S/C17H15ClN4O3S2/c18-12-4-6-13(7-5-12)27(24,25)20-10-8-16(23)22-17-21-15(11-26-17)14-3-1-2-9-19-14/h1-7,9,11,20H,8,10H2,(H,21,22,23). The number of nitrogens with zero attached hydrogens (tertiary/aromatic N) is 2. The van der Waals surface area contributed by atoms with Gasteiger partial charge >= 0.3 is 0 Å². The van der Waals surface area contributed by atoms with E-state index in [0.29, 0.717) is 21.5 Å². The van der Waals surface area contributed by atoms with Crippen molar-refractivity contribution < 1.29 is 13.2 Å². The predicted molar refractivity (Wildman–Crippen MR) is 105 cm³/mol. The Balaban J connectivity index is 1.51. The van der Waals surface area contributed by atoms with Crippen LogP contribution in [0.5, 0.6) is 0 Å². The topological polar surface area (TPSA) is 101 Å². The molecule has 0 aliphatic carbocycles. The molecule has 0 aliphatic rings. The molecule has 0 aliphatic heterocycles. The summed E-state index contributed by atoms with van der Waals surface area (Å²) in [5.41, 5.74) is 1.38. The summed E-state index contributed by atoms with van der Waals surface area (Å²) in [5.74, 6) is -0.337. The molecule has 0 spiro atoms. The van der Waals surface area contributed by atoms with Crippen LogP contribution in [0.4, 0.5) is 5.13 Å². The highest BCUT2D eigenvalue weighted by atomic mass is 35.5. The summed E-state index contributed by atoms with van der Waals surface area (Å²) < 4.78 is 26.7. The molecule has 0 bridgehead atoms. The van der Waals surface area contributed by atoms with Crippen molar-refractivity contribution in [1.82, 2.24) is 14.7 Å². The number of thiazole rings is 1. The van der Waals surface area contributed by atoms with E-state index in [1.807, 2.05) is 18.2 Å². The van der Waals surface area contributed by atoms with Crippen LogP contribution in [0.2, 0.25) is 5.02 Å². The maximum Gasteiger partial charge on any atom is 0.240 e. The summed E-state index contributed by atoms with van der Waals surface area (Å²) in [6.45, 7) is -0.0325. The summed E-state index contributed by atoms with van der Waals surface area (Å²) in [6.07, 6.45) is 1.64. The van der Waals surface area contributed by atoms with Crippen molar-refractivity contribution in [1.29, 1.82) is 0 Å². The van der Waals surface area contributed by atoms with Crippen LogP contribution in [0, 0.1) is 0 Å². The number of pyridine rings is 1. The van der Waals surface area contributed by atoms with Gasteiger partial charge in [0.15, 0.2) is 5.13 Å². The second-order valence-corrected chi connectivity index (χ2v) is 8.46. The Labute approximate surface area is 165 Å². The highest BCUT2D eigenvalue weighted by molar-refractivity contribution is 7.89. The molecule has 0 radical (unpaired) electrons. The molecule has 10 heteroatoms. The lowest BCUT2D eigenvalue weighted by Gasteiger charge is -2.06. The molecule has 0 fully saturated rings. The van der Waals surface area contributed by atoms with E-state index in [4.69, 9.17) is 11.6 Å². The molecular formula is C17H15ClN4O3S2. The number of benzene rings is 1. The zero-order valence-corrected chi connectivity index (χ0v) is 16.3. The molecule has 7 nitrogen and oxygen atoms in total. The minimum Gasteiger partial charge on any atom is -0.302 e. The number of amides is 1. The normalized spacial score (nSPS) is 11.3. The van der Waals surface area contributed by atoms with Gasteiger partial charge in [-0.2, -0.15) is 0 Å². The monoisotopic (exact) mass is 422 g/mol. The number of carbonyl (C=O) groups excluding carboxylic acids is 1. The maximum atomic E-state index is 12.1. The van der Waals surface area contributed by atoms with E-state index in [1.54, 1.807) is 11.6 Å². The summed E-state index contributed by atoms with van der Waals surface area (Å²) in [5, 5.41) is 5.32. The van der Waals surface area contributed by atoms with Gasteiger partial charge < -0.3 is 5.32 Å². The molecule has 2 aromatic heterocycles. The van der Waals surface area contributed by atoms with Crippen LogP contribution in [-0.2, 0) is 14.8 Å². The van der Waals surface area contributed by atoms with Gasteiger partial charge in [-0.3, -0.25) is 9.78 Å². The Morgan fingerprint density at radius 1 is 1.11 bits per heavy atom. The molecule has 0 saturated heterocycles. The molecule has 0 unspecified atom stereocenters. The van der Waals surface area contributed by atoms with Crippen molar-refractivity contribution in [3.05, 3.63) is 59.1 Å². The SMILES string of the molecule is O=C(CCNS(=O)(=O)c1ccc(Cl)cc1)Nc1nc(-c2ccccn2)cs1. The number of aromatic nitrogens is 2. The average molecular weight is 423 g/mol. The molecule has 0 atom stereocenters. The van der Waals surface area contributed by atoms with Crippen LogP contribution < -0.4 is 10.0 Å². The third-order valence-electron chi connectivity index (χ3n) is 3.45. The fourth-order valence-electron chi connectivity index (χ4n) is 2.14. The molecule has 0 saturated carbocycles. The number of rotatable bonds is 7. The first kappa shape index (κ1) is 19.4. The number of halogens is 1. The fraction of sp³-hybridized carbons (Fsp3) is 0.118. The summed E-state index contributed by atoms with van der Waals surface area (Å²) in [4.78, 5) is 20.6. The molecule has 2 heterocycles. The molecule has 140 valence electrons. The van der Waals surface area contributed by atoms with Crippen LogP contribution in [0.25, 0.3) is 11.4 Å². The molecule has 27 heavy (non-hydrogen) atoms. The minimum absolute atomic E-state index is 0.0225. The van der Waals surface area contributed by atoms with E-state index in [-0.39, 0.29) is 23.8 Å². The first-order valence-electron chi connectivity index (χ1n) is 7.86. The lowest BCUT2D eigenvalue weighted by Crippen LogP contribution is -2.27. The molecule has 1 aromatic carbocycles. The van der Waals surface area contributed by atoms with Gasteiger partial charge in [0.1, 0.15) is 5.69 Å². The van der Waals surface area contributed by atoms with E-state index in [0.717, 1.165) is 0 Å². The third-order valence-corrected chi connectivity index (χ3v) is 5.93. The summed E-state index contributed by atoms with van der Waals surface area (Å²) in [6, 6.07) is 11.3. The first-order chi connectivity index (χ1) is 12.9. The van der Waals surface area contributed by atoms with Crippen molar-refractivity contribution in [3.63, 3.8) is 0 Å². The van der Waals surface area contributed by atoms with E-state index >= 15 is 0 Å². The van der Waals surface area contributed by atoms with Crippen LogP contribution in [0.3, 0.4) is 0 Å². The summed E-state index contributed by atoms with van der Waals surface area (Å²) >= 11 is 7.02. The highest BCUT2D eigenvalue weighted by Gasteiger charge is 2.14. The number of anilines is 1. The Bertz CT molecular complexity index is 1020. The van der Waals surface area contributed by atoms with Crippen molar-refractivity contribution in [2.75, 3.05) is 11.9 Å². The van der Waals surface area contributed by atoms with E-state index < -0.39 is 10.0 Å². The van der Waals surface area contributed by atoms with Crippen molar-refractivity contribution in [2.24, 2.45) is 0 Å². The van der Waals surface area contributed by atoms with Gasteiger partial charge in [0.05, 0.1) is 10.6 Å². The van der Waals surface area contributed by atoms with Gasteiger partial charge in [0, 0.05) is 29.6 Å². The van der Waals surface area contributed by atoms with Gasteiger partial charge in [0.2, 0.25) is 15.9 Å². The van der Waals surface area contributed by atoms with Crippen LogP contribution in [-0.4, -0.2) is 30.8 Å². The third kappa shape index (κ3) is 5.33. The number of hydrogen-bond donors (Lipinski definition) is 2. The first-order valence-corrected chi connectivity index (χ1v) is 10.6. The van der Waals surface area contributed by atoms with Crippen LogP contribution in [0.1, 0.15) is 6.42 Å². The fourth-order valence-corrected chi connectivity index (χ4v) is 4.02.